The lowest BCUT2D eigenvalue weighted by Gasteiger charge is -2.16. The molecule has 4 heteroatoms. The van der Waals surface area contributed by atoms with Gasteiger partial charge in [-0.05, 0) is 31.3 Å². The van der Waals surface area contributed by atoms with E-state index < -0.39 is 5.97 Å². The van der Waals surface area contributed by atoms with Crippen LogP contribution in [0.3, 0.4) is 0 Å². The molecule has 1 fully saturated rings. The molecule has 3 atom stereocenters. The zero-order chi connectivity index (χ0) is 15.7. The number of carboxylic acid groups (broad SMARTS) is 1. The third-order valence-corrected chi connectivity index (χ3v) is 3.87. The predicted octanol–water partition coefficient (Wildman–Crippen LogP) is 2.56. The largest absolute Gasteiger partial charge is 0.481 e. The van der Waals surface area contributed by atoms with Crippen molar-refractivity contribution in [2.75, 3.05) is 0 Å². The van der Waals surface area contributed by atoms with Gasteiger partial charge in [0.25, 0.3) is 0 Å². The van der Waals surface area contributed by atoms with Crippen molar-refractivity contribution in [2.24, 2.45) is 11.8 Å². The highest BCUT2D eigenvalue weighted by Crippen LogP contribution is 2.35. The summed E-state index contributed by atoms with van der Waals surface area (Å²) in [6, 6.07) is 0. The Labute approximate surface area is 126 Å². The van der Waals surface area contributed by atoms with Gasteiger partial charge in [0.05, 0.1) is 6.10 Å². The first kappa shape index (κ1) is 17.5. The molecular weight excluding hydrogens is 268 g/mol. The van der Waals surface area contributed by atoms with Crippen LogP contribution >= 0.6 is 0 Å². The molecule has 0 aromatic rings. The van der Waals surface area contributed by atoms with Gasteiger partial charge in [-0.15, -0.1) is 11.8 Å². The first-order valence-electron chi connectivity index (χ1n) is 7.61. The molecular formula is C17H24O4. The summed E-state index contributed by atoms with van der Waals surface area (Å²) in [5.74, 6) is 5.61. The summed E-state index contributed by atoms with van der Waals surface area (Å²) < 4.78 is 0. The maximum absolute atomic E-state index is 11.3. The summed E-state index contributed by atoms with van der Waals surface area (Å²) in [5, 5.41) is 18.5. The fraction of sp³-hybridized carbons (Fsp3) is 0.647. The first-order chi connectivity index (χ1) is 10.0. The van der Waals surface area contributed by atoms with Gasteiger partial charge in [0.15, 0.2) is 5.78 Å². The fourth-order valence-corrected chi connectivity index (χ4v) is 2.56. The highest BCUT2D eigenvalue weighted by atomic mass is 16.4. The van der Waals surface area contributed by atoms with E-state index in [1.54, 1.807) is 6.08 Å². The molecule has 1 aliphatic carbocycles. The van der Waals surface area contributed by atoms with Crippen molar-refractivity contribution in [3.05, 3.63) is 12.2 Å². The second-order valence-corrected chi connectivity index (χ2v) is 5.46. The first-order valence-corrected chi connectivity index (χ1v) is 7.61. The summed E-state index contributed by atoms with van der Waals surface area (Å²) in [4.78, 5) is 21.7. The minimum Gasteiger partial charge on any atom is -0.481 e. The zero-order valence-corrected chi connectivity index (χ0v) is 12.5. The highest BCUT2D eigenvalue weighted by molar-refractivity contribution is 5.89. The Morgan fingerprint density at radius 3 is 2.71 bits per heavy atom. The second kappa shape index (κ2) is 9.36. The van der Waals surface area contributed by atoms with Crippen molar-refractivity contribution in [3.8, 4) is 11.8 Å². The molecule has 0 aromatic carbocycles. The van der Waals surface area contributed by atoms with Crippen LogP contribution in [0, 0.1) is 23.7 Å². The quantitative estimate of drug-likeness (QED) is 0.429. The molecule has 0 radical (unpaired) electrons. The van der Waals surface area contributed by atoms with Crippen LogP contribution in [0.2, 0.25) is 0 Å². The number of unbranched alkanes of at least 4 members (excludes halogenated alkanes) is 1. The number of carboxylic acids is 1. The number of aliphatic hydroxyl groups is 1. The number of carbonyl (C=O) groups excluding carboxylic acids is 1. The molecule has 1 rings (SSSR count). The van der Waals surface area contributed by atoms with Crippen LogP contribution in [-0.4, -0.2) is 28.1 Å². The van der Waals surface area contributed by atoms with Gasteiger partial charge in [0.1, 0.15) is 0 Å². The number of rotatable bonds is 7. The highest BCUT2D eigenvalue weighted by Gasteiger charge is 2.32. The topological polar surface area (TPSA) is 74.6 Å². The molecule has 0 spiro atoms. The van der Waals surface area contributed by atoms with Crippen LogP contribution < -0.4 is 0 Å². The Kier molecular flexibility index (Phi) is 7.78. The zero-order valence-electron chi connectivity index (χ0n) is 12.5. The molecule has 0 heterocycles. The van der Waals surface area contributed by atoms with Crippen molar-refractivity contribution < 1.29 is 19.8 Å². The normalized spacial score (nSPS) is 24.8. The van der Waals surface area contributed by atoms with Gasteiger partial charge in [-0.3, -0.25) is 9.59 Å². The summed E-state index contributed by atoms with van der Waals surface area (Å²) in [5.41, 5.74) is 0. The molecule has 0 aromatic heterocycles. The molecule has 0 bridgehead atoms. The van der Waals surface area contributed by atoms with Crippen molar-refractivity contribution in [1.82, 2.24) is 0 Å². The van der Waals surface area contributed by atoms with Gasteiger partial charge in [-0.25, -0.2) is 0 Å². The summed E-state index contributed by atoms with van der Waals surface area (Å²) in [6.07, 6.45) is 7.20. The maximum atomic E-state index is 11.3. The van der Waals surface area contributed by atoms with E-state index in [4.69, 9.17) is 5.11 Å². The number of hydrogen-bond acceptors (Lipinski definition) is 3. The Morgan fingerprint density at radius 2 is 2.05 bits per heavy atom. The van der Waals surface area contributed by atoms with E-state index in [1.807, 2.05) is 13.0 Å². The number of ketones is 1. The third kappa shape index (κ3) is 6.59. The van der Waals surface area contributed by atoms with Crippen LogP contribution in [0.4, 0.5) is 0 Å². The van der Waals surface area contributed by atoms with Crippen LogP contribution in [0.5, 0.6) is 0 Å². The lowest BCUT2D eigenvalue weighted by Crippen LogP contribution is -2.17. The van der Waals surface area contributed by atoms with Gasteiger partial charge in [0.2, 0.25) is 0 Å². The van der Waals surface area contributed by atoms with E-state index >= 15 is 0 Å². The Balaban J connectivity index is 2.43. The summed E-state index contributed by atoms with van der Waals surface area (Å²) >= 11 is 0. The lowest BCUT2D eigenvalue weighted by molar-refractivity contribution is -0.137. The van der Waals surface area contributed by atoms with Gasteiger partial charge in [-0.2, -0.15) is 0 Å². The standard InChI is InChI=1S/C17H24O4/c1-2-14(18)11-9-13-10-12-16(19)15(13)7-5-3-4-6-8-17(20)21/h9,11,13,15-16,19H,2,4,6-8,10,12H2,1H3,(H,20,21)/b11-9+. The fourth-order valence-electron chi connectivity index (χ4n) is 2.56. The summed E-state index contributed by atoms with van der Waals surface area (Å²) in [7, 11) is 0. The molecule has 1 saturated carbocycles. The minimum absolute atomic E-state index is 0.0814. The number of hydrogen-bond donors (Lipinski definition) is 2. The smallest absolute Gasteiger partial charge is 0.303 e. The van der Waals surface area contributed by atoms with E-state index in [1.165, 1.54) is 0 Å². The van der Waals surface area contributed by atoms with Gasteiger partial charge >= 0.3 is 5.97 Å². The molecule has 116 valence electrons. The van der Waals surface area contributed by atoms with E-state index in [2.05, 4.69) is 11.8 Å². The third-order valence-electron chi connectivity index (χ3n) is 3.87. The Morgan fingerprint density at radius 1 is 1.29 bits per heavy atom. The lowest BCUT2D eigenvalue weighted by atomic mass is 9.91. The van der Waals surface area contributed by atoms with Gasteiger partial charge < -0.3 is 10.2 Å². The molecule has 1 aliphatic rings. The number of carbonyl (C=O) groups is 2. The Bertz CT molecular complexity index is 441. The SMILES string of the molecule is CCC(=O)/C=C/C1CCC(O)C1CC#CCCCC(=O)O. The van der Waals surface area contributed by atoms with Gasteiger partial charge in [0, 0.05) is 31.6 Å². The molecule has 4 nitrogen and oxygen atoms in total. The van der Waals surface area contributed by atoms with Crippen molar-refractivity contribution in [1.29, 1.82) is 0 Å². The Hall–Kier alpha value is -1.60. The monoisotopic (exact) mass is 292 g/mol. The van der Waals surface area contributed by atoms with Gasteiger partial charge in [-0.1, -0.05) is 13.0 Å². The molecule has 21 heavy (non-hydrogen) atoms. The molecule has 0 amide bonds. The van der Waals surface area contributed by atoms with Crippen LogP contribution in [0.1, 0.15) is 51.9 Å². The van der Waals surface area contributed by atoms with Crippen LogP contribution in [0.25, 0.3) is 0 Å². The second-order valence-electron chi connectivity index (χ2n) is 5.46. The maximum Gasteiger partial charge on any atom is 0.303 e. The van der Waals surface area contributed by atoms with E-state index in [-0.39, 0.29) is 30.1 Å². The van der Waals surface area contributed by atoms with E-state index in [0.29, 0.717) is 25.7 Å². The van der Waals surface area contributed by atoms with Crippen molar-refractivity contribution >= 4 is 11.8 Å². The molecule has 0 saturated heterocycles. The number of allylic oxidation sites excluding steroid dienone is 2. The average Bonchev–Trinajstić information content (AvgIpc) is 2.80. The molecule has 3 unspecified atom stereocenters. The van der Waals surface area contributed by atoms with E-state index in [0.717, 1.165) is 12.8 Å². The van der Waals surface area contributed by atoms with E-state index in [9.17, 15) is 14.7 Å². The molecule has 2 N–H and O–H groups in total. The average molecular weight is 292 g/mol. The minimum atomic E-state index is -0.797. The van der Waals surface area contributed by atoms with Crippen molar-refractivity contribution in [2.45, 2.75) is 58.0 Å². The van der Waals surface area contributed by atoms with Crippen LogP contribution in [0.15, 0.2) is 12.2 Å². The number of aliphatic hydroxyl groups excluding tert-OH is 1. The summed E-state index contributed by atoms with van der Waals surface area (Å²) in [6.45, 7) is 1.83. The number of aliphatic carboxylic acids is 1. The molecule has 0 aliphatic heterocycles. The van der Waals surface area contributed by atoms with Crippen LogP contribution in [-0.2, 0) is 9.59 Å². The van der Waals surface area contributed by atoms with Crippen molar-refractivity contribution in [3.63, 3.8) is 0 Å². The predicted molar refractivity (Wildman–Crippen MR) is 80.5 cm³/mol.